The van der Waals surface area contributed by atoms with Gasteiger partial charge in [0.15, 0.2) is 0 Å². The molecule has 0 radical (unpaired) electrons. The van der Waals surface area contributed by atoms with Crippen molar-refractivity contribution in [1.29, 1.82) is 0 Å². The smallest absolute Gasteiger partial charge is 0.145 e. The lowest BCUT2D eigenvalue weighted by Crippen LogP contribution is -2.22. The highest BCUT2D eigenvalue weighted by atomic mass is 16.5. The molecule has 0 fully saturated rings. The van der Waals surface area contributed by atoms with E-state index >= 15 is 0 Å². The second kappa shape index (κ2) is 4.69. The van der Waals surface area contributed by atoms with Crippen molar-refractivity contribution >= 4 is 5.78 Å². The number of ether oxygens (including phenoxy) is 1. The van der Waals surface area contributed by atoms with Crippen molar-refractivity contribution in [2.24, 2.45) is 0 Å². The van der Waals surface area contributed by atoms with Gasteiger partial charge in [0.2, 0.25) is 0 Å². The van der Waals surface area contributed by atoms with Crippen molar-refractivity contribution in [3.63, 3.8) is 0 Å². The summed E-state index contributed by atoms with van der Waals surface area (Å²) in [5.41, 5.74) is 1.95. The summed E-state index contributed by atoms with van der Waals surface area (Å²) in [6.07, 6.45) is 4.41. The predicted molar refractivity (Wildman–Crippen MR) is 66.7 cm³/mol. The molecule has 2 heterocycles. The molecule has 0 spiro atoms. The van der Waals surface area contributed by atoms with E-state index in [9.17, 15) is 4.79 Å². The summed E-state index contributed by atoms with van der Waals surface area (Å²) in [6.45, 7) is 0.610. The van der Waals surface area contributed by atoms with Crippen LogP contribution in [-0.4, -0.2) is 12.4 Å². The minimum atomic E-state index is -0.0511. The topological polar surface area (TPSA) is 39.4 Å². The van der Waals surface area contributed by atoms with E-state index in [1.54, 1.807) is 12.5 Å². The molecular weight excluding hydrogens is 228 g/mol. The Morgan fingerprint density at radius 3 is 3.00 bits per heavy atom. The van der Waals surface area contributed by atoms with Gasteiger partial charge in [0, 0.05) is 17.9 Å². The second-order valence-electron chi connectivity index (χ2n) is 4.50. The van der Waals surface area contributed by atoms with Crippen LogP contribution in [-0.2, 0) is 11.2 Å². The van der Waals surface area contributed by atoms with Crippen LogP contribution in [0.5, 0.6) is 5.75 Å². The van der Waals surface area contributed by atoms with Crippen LogP contribution in [0.25, 0.3) is 0 Å². The first-order chi connectivity index (χ1) is 8.84. The quantitative estimate of drug-likeness (QED) is 0.830. The number of para-hydroxylation sites is 1. The molecule has 18 heavy (non-hydrogen) atoms. The summed E-state index contributed by atoms with van der Waals surface area (Å²) in [4.78, 5) is 12.3. The van der Waals surface area contributed by atoms with Gasteiger partial charge >= 0.3 is 0 Å². The molecule has 0 saturated carbocycles. The third-order valence-electron chi connectivity index (χ3n) is 3.31. The number of carbonyl (C=O) groups is 1. The van der Waals surface area contributed by atoms with E-state index in [1.165, 1.54) is 0 Å². The molecule has 3 nitrogen and oxygen atoms in total. The van der Waals surface area contributed by atoms with Crippen molar-refractivity contribution in [2.75, 3.05) is 6.61 Å². The van der Waals surface area contributed by atoms with E-state index in [4.69, 9.17) is 9.15 Å². The van der Waals surface area contributed by atoms with E-state index in [0.717, 1.165) is 23.3 Å². The van der Waals surface area contributed by atoms with Gasteiger partial charge in [-0.05, 0) is 24.1 Å². The molecule has 0 amide bonds. The Morgan fingerprint density at radius 2 is 2.17 bits per heavy atom. The number of ketones is 1. The first-order valence-electron chi connectivity index (χ1n) is 6.10. The standard InChI is InChI=1S/C15H14O3/c16-14(9-11-5-7-17-10-11)12-6-8-18-15-4-2-1-3-13(12)15/h1-5,7,10,12H,6,8-9H2. The van der Waals surface area contributed by atoms with Crippen LogP contribution in [0.2, 0.25) is 0 Å². The van der Waals surface area contributed by atoms with Crippen molar-refractivity contribution in [3.05, 3.63) is 54.0 Å². The average Bonchev–Trinajstić information content (AvgIpc) is 2.91. The molecule has 0 saturated heterocycles. The SMILES string of the molecule is O=C(Cc1ccoc1)C1CCOc2ccccc21. The summed E-state index contributed by atoms with van der Waals surface area (Å²) in [7, 11) is 0. The Hall–Kier alpha value is -2.03. The van der Waals surface area contributed by atoms with Crippen LogP contribution in [0.15, 0.2) is 47.3 Å². The maximum atomic E-state index is 12.3. The number of Topliss-reactive ketones (excluding diaryl/α,β-unsaturated/α-hetero) is 1. The minimum Gasteiger partial charge on any atom is -0.493 e. The molecule has 2 aromatic rings. The molecule has 1 unspecified atom stereocenters. The number of carbonyl (C=O) groups excluding carboxylic acids is 1. The summed E-state index contributed by atoms with van der Waals surface area (Å²) in [6, 6.07) is 9.62. The van der Waals surface area contributed by atoms with E-state index in [1.807, 2.05) is 30.3 Å². The molecule has 1 aliphatic heterocycles. The van der Waals surface area contributed by atoms with Gasteiger partial charge < -0.3 is 9.15 Å². The van der Waals surface area contributed by atoms with Gasteiger partial charge in [-0.3, -0.25) is 4.79 Å². The highest BCUT2D eigenvalue weighted by Crippen LogP contribution is 2.34. The van der Waals surface area contributed by atoms with Crippen LogP contribution in [0.3, 0.4) is 0 Å². The lowest BCUT2D eigenvalue weighted by atomic mass is 9.87. The van der Waals surface area contributed by atoms with E-state index in [0.29, 0.717) is 13.0 Å². The Balaban J connectivity index is 1.83. The zero-order valence-corrected chi connectivity index (χ0v) is 9.96. The molecular formula is C15H14O3. The van der Waals surface area contributed by atoms with Crippen LogP contribution < -0.4 is 4.74 Å². The fraction of sp³-hybridized carbons (Fsp3) is 0.267. The summed E-state index contributed by atoms with van der Waals surface area (Å²) < 4.78 is 10.6. The Bertz CT molecular complexity index is 543. The molecule has 0 aliphatic carbocycles. The number of benzene rings is 1. The van der Waals surface area contributed by atoms with Crippen molar-refractivity contribution in [2.45, 2.75) is 18.8 Å². The molecule has 3 rings (SSSR count). The monoisotopic (exact) mass is 242 g/mol. The van der Waals surface area contributed by atoms with Crippen LogP contribution in [0.1, 0.15) is 23.5 Å². The Labute approximate surface area is 105 Å². The van der Waals surface area contributed by atoms with Gasteiger partial charge in [-0.1, -0.05) is 18.2 Å². The maximum absolute atomic E-state index is 12.3. The molecule has 3 heteroatoms. The molecule has 0 N–H and O–H groups in total. The summed E-state index contributed by atoms with van der Waals surface area (Å²) >= 11 is 0. The fourth-order valence-electron chi connectivity index (χ4n) is 2.39. The van der Waals surface area contributed by atoms with Gasteiger partial charge in [-0.15, -0.1) is 0 Å². The summed E-state index contributed by atoms with van der Waals surface area (Å²) in [5.74, 6) is 1.02. The number of rotatable bonds is 3. The van der Waals surface area contributed by atoms with Crippen molar-refractivity contribution in [3.8, 4) is 5.75 Å². The highest BCUT2D eigenvalue weighted by Gasteiger charge is 2.27. The van der Waals surface area contributed by atoms with Gasteiger partial charge in [0.25, 0.3) is 0 Å². The molecule has 1 aromatic heterocycles. The minimum absolute atomic E-state index is 0.0511. The predicted octanol–water partition coefficient (Wildman–Crippen LogP) is 2.96. The second-order valence-corrected chi connectivity index (χ2v) is 4.50. The average molecular weight is 242 g/mol. The van der Waals surface area contributed by atoms with Gasteiger partial charge in [0.1, 0.15) is 11.5 Å². The highest BCUT2D eigenvalue weighted by molar-refractivity contribution is 5.88. The lowest BCUT2D eigenvalue weighted by Gasteiger charge is -2.24. The van der Waals surface area contributed by atoms with Crippen LogP contribution in [0.4, 0.5) is 0 Å². The maximum Gasteiger partial charge on any atom is 0.145 e. The van der Waals surface area contributed by atoms with E-state index in [2.05, 4.69) is 0 Å². The van der Waals surface area contributed by atoms with E-state index < -0.39 is 0 Å². The number of hydrogen-bond acceptors (Lipinski definition) is 3. The largest absolute Gasteiger partial charge is 0.493 e. The normalized spacial score (nSPS) is 17.9. The van der Waals surface area contributed by atoms with Gasteiger partial charge in [-0.2, -0.15) is 0 Å². The van der Waals surface area contributed by atoms with Crippen LogP contribution in [0, 0.1) is 0 Å². The molecule has 1 aliphatic rings. The zero-order valence-electron chi connectivity index (χ0n) is 9.96. The van der Waals surface area contributed by atoms with Crippen molar-refractivity contribution < 1.29 is 13.9 Å². The van der Waals surface area contributed by atoms with E-state index in [-0.39, 0.29) is 11.7 Å². The first kappa shape index (κ1) is 11.1. The molecule has 0 bridgehead atoms. The van der Waals surface area contributed by atoms with Gasteiger partial charge in [-0.25, -0.2) is 0 Å². The molecule has 1 atom stereocenters. The number of hydrogen-bond donors (Lipinski definition) is 0. The molecule has 1 aromatic carbocycles. The first-order valence-corrected chi connectivity index (χ1v) is 6.10. The zero-order chi connectivity index (χ0) is 12.4. The third kappa shape index (κ3) is 2.04. The number of fused-ring (bicyclic) bond motifs is 1. The van der Waals surface area contributed by atoms with Gasteiger partial charge in [0.05, 0.1) is 19.1 Å². The molecule has 92 valence electrons. The summed E-state index contributed by atoms with van der Waals surface area (Å²) in [5, 5.41) is 0. The van der Waals surface area contributed by atoms with Crippen molar-refractivity contribution in [1.82, 2.24) is 0 Å². The number of furan rings is 1. The Morgan fingerprint density at radius 1 is 1.28 bits per heavy atom. The lowest BCUT2D eigenvalue weighted by molar-refractivity contribution is -0.120. The van der Waals surface area contributed by atoms with Crippen LogP contribution >= 0.6 is 0 Å². The fourth-order valence-corrected chi connectivity index (χ4v) is 2.39. The third-order valence-corrected chi connectivity index (χ3v) is 3.31. The Kier molecular flexibility index (Phi) is 2.89.